The van der Waals surface area contributed by atoms with Crippen LogP contribution in [0.2, 0.25) is 0 Å². The summed E-state index contributed by atoms with van der Waals surface area (Å²) >= 11 is 0. The molecule has 0 unspecified atom stereocenters. The Bertz CT molecular complexity index is 1010. The van der Waals surface area contributed by atoms with Crippen LogP contribution in [0.25, 0.3) is 0 Å². The van der Waals surface area contributed by atoms with E-state index in [1.54, 1.807) is 36.4 Å². The van der Waals surface area contributed by atoms with Crippen molar-refractivity contribution in [2.45, 2.75) is 12.7 Å². The maximum atomic E-state index is 12.5. The highest BCUT2D eigenvalue weighted by atomic mass is 32.2. The van der Waals surface area contributed by atoms with Crippen LogP contribution < -0.4 is 5.32 Å². The van der Waals surface area contributed by atoms with E-state index in [4.69, 9.17) is 0 Å². The van der Waals surface area contributed by atoms with Crippen LogP contribution in [-0.4, -0.2) is 36.9 Å². The third-order valence-electron chi connectivity index (χ3n) is 4.02. The summed E-state index contributed by atoms with van der Waals surface area (Å²) in [4.78, 5) is 36.4. The van der Waals surface area contributed by atoms with Crippen molar-refractivity contribution < 1.29 is 22.8 Å². The normalized spacial score (nSPS) is 15.3. The molecular formula is C18H16N2O5S. The van der Waals surface area contributed by atoms with E-state index in [0.29, 0.717) is 15.4 Å². The lowest BCUT2D eigenvalue weighted by Crippen LogP contribution is -2.45. The van der Waals surface area contributed by atoms with Gasteiger partial charge in [0.25, 0.3) is 5.91 Å². The predicted octanol–water partition coefficient (Wildman–Crippen LogP) is 1.81. The smallest absolute Gasteiger partial charge is 0.268 e. The molecule has 0 saturated heterocycles. The van der Waals surface area contributed by atoms with Gasteiger partial charge in [-0.2, -0.15) is 0 Å². The SMILES string of the molecule is CC(=O)c1ccccc1NC(=O)CN1C(=O)c2ccccc2CS1(=O)=O. The number of benzene rings is 2. The molecule has 0 radical (unpaired) electrons. The van der Waals surface area contributed by atoms with Gasteiger partial charge in [0.15, 0.2) is 5.78 Å². The monoisotopic (exact) mass is 372 g/mol. The van der Waals surface area contributed by atoms with Crippen LogP contribution in [0.15, 0.2) is 48.5 Å². The number of fused-ring (bicyclic) bond motifs is 1. The van der Waals surface area contributed by atoms with E-state index in [1.165, 1.54) is 19.1 Å². The fraction of sp³-hybridized carbons (Fsp3) is 0.167. The number of amides is 2. The molecule has 1 aliphatic heterocycles. The zero-order valence-electron chi connectivity index (χ0n) is 13.9. The van der Waals surface area contributed by atoms with Gasteiger partial charge in [-0.15, -0.1) is 0 Å². The number of carbonyl (C=O) groups excluding carboxylic acids is 3. The number of rotatable bonds is 4. The molecule has 1 N–H and O–H groups in total. The van der Waals surface area contributed by atoms with E-state index >= 15 is 0 Å². The quantitative estimate of drug-likeness (QED) is 0.825. The van der Waals surface area contributed by atoms with Gasteiger partial charge in [-0.3, -0.25) is 14.4 Å². The van der Waals surface area contributed by atoms with Crippen LogP contribution in [0.3, 0.4) is 0 Å². The zero-order chi connectivity index (χ0) is 18.9. The Morgan fingerprint density at radius 2 is 1.73 bits per heavy atom. The van der Waals surface area contributed by atoms with Crippen LogP contribution in [0.4, 0.5) is 5.69 Å². The number of Topliss-reactive ketones (excluding diaryl/α,β-unsaturated/α-hetero) is 1. The predicted molar refractivity (Wildman–Crippen MR) is 95.2 cm³/mol. The lowest BCUT2D eigenvalue weighted by atomic mass is 10.1. The molecule has 26 heavy (non-hydrogen) atoms. The first-order valence-electron chi connectivity index (χ1n) is 7.82. The van der Waals surface area contributed by atoms with Gasteiger partial charge in [-0.25, -0.2) is 12.7 Å². The molecular weight excluding hydrogens is 356 g/mol. The van der Waals surface area contributed by atoms with Gasteiger partial charge in [-0.1, -0.05) is 30.3 Å². The van der Waals surface area contributed by atoms with Crippen molar-refractivity contribution in [1.82, 2.24) is 4.31 Å². The van der Waals surface area contributed by atoms with Crippen molar-refractivity contribution in [2.24, 2.45) is 0 Å². The van der Waals surface area contributed by atoms with Crippen LogP contribution in [0.1, 0.15) is 33.2 Å². The summed E-state index contributed by atoms with van der Waals surface area (Å²) in [6, 6.07) is 12.8. The Morgan fingerprint density at radius 3 is 2.46 bits per heavy atom. The molecule has 7 nitrogen and oxygen atoms in total. The fourth-order valence-electron chi connectivity index (χ4n) is 2.78. The number of ketones is 1. The molecule has 0 bridgehead atoms. The number of sulfonamides is 1. The van der Waals surface area contributed by atoms with Gasteiger partial charge >= 0.3 is 0 Å². The molecule has 3 rings (SSSR count). The van der Waals surface area contributed by atoms with Crippen LogP contribution >= 0.6 is 0 Å². The Morgan fingerprint density at radius 1 is 1.08 bits per heavy atom. The molecule has 1 aliphatic rings. The lowest BCUT2D eigenvalue weighted by molar-refractivity contribution is -0.116. The number of hydrogen-bond donors (Lipinski definition) is 1. The Balaban J connectivity index is 1.84. The van der Waals surface area contributed by atoms with Gasteiger partial charge in [0.1, 0.15) is 6.54 Å². The minimum atomic E-state index is -3.94. The van der Waals surface area contributed by atoms with E-state index < -0.39 is 28.4 Å². The maximum Gasteiger partial charge on any atom is 0.268 e. The fourth-order valence-corrected chi connectivity index (χ4v) is 4.24. The summed E-state index contributed by atoms with van der Waals surface area (Å²) in [6.45, 7) is 0.711. The highest BCUT2D eigenvalue weighted by molar-refractivity contribution is 7.89. The zero-order valence-corrected chi connectivity index (χ0v) is 14.7. The molecule has 8 heteroatoms. The van der Waals surface area contributed by atoms with E-state index in [-0.39, 0.29) is 22.8 Å². The molecule has 0 saturated carbocycles. The maximum absolute atomic E-state index is 12.5. The number of nitrogens with zero attached hydrogens (tertiary/aromatic N) is 1. The summed E-state index contributed by atoms with van der Waals surface area (Å²) in [5.74, 6) is -2.01. The molecule has 1 heterocycles. The van der Waals surface area contributed by atoms with Crippen molar-refractivity contribution in [2.75, 3.05) is 11.9 Å². The average Bonchev–Trinajstić information content (AvgIpc) is 2.58. The molecule has 134 valence electrons. The van der Waals surface area contributed by atoms with Crippen LogP contribution in [0, 0.1) is 0 Å². The number of nitrogens with one attached hydrogen (secondary N) is 1. The van der Waals surface area contributed by atoms with E-state index in [2.05, 4.69) is 5.32 Å². The molecule has 2 amide bonds. The average molecular weight is 372 g/mol. The Hall–Kier alpha value is -3.00. The number of hydrogen-bond acceptors (Lipinski definition) is 5. The van der Waals surface area contributed by atoms with E-state index in [9.17, 15) is 22.8 Å². The first-order valence-corrected chi connectivity index (χ1v) is 9.43. The standard InChI is InChI=1S/C18H16N2O5S/c1-12(21)14-7-4-5-9-16(14)19-17(22)10-20-18(23)15-8-3-2-6-13(15)11-26(20,24)25/h2-9H,10-11H2,1H3,(H,19,22). The Kier molecular flexibility index (Phi) is 4.60. The van der Waals surface area contributed by atoms with Gasteiger partial charge < -0.3 is 5.32 Å². The first kappa shape index (κ1) is 17.8. The number of para-hydroxylation sites is 1. The number of carbonyl (C=O) groups is 3. The summed E-state index contributed by atoms with van der Waals surface area (Å²) in [7, 11) is -3.94. The van der Waals surface area contributed by atoms with Crippen LogP contribution in [-0.2, 0) is 20.6 Å². The summed E-state index contributed by atoms with van der Waals surface area (Å²) < 4.78 is 25.3. The topological polar surface area (TPSA) is 101 Å². The largest absolute Gasteiger partial charge is 0.324 e. The van der Waals surface area contributed by atoms with Gasteiger partial charge in [0.2, 0.25) is 15.9 Å². The summed E-state index contributed by atoms with van der Waals surface area (Å²) in [6.07, 6.45) is 0. The minimum Gasteiger partial charge on any atom is -0.324 e. The van der Waals surface area contributed by atoms with Crippen molar-refractivity contribution >= 4 is 33.3 Å². The summed E-state index contributed by atoms with van der Waals surface area (Å²) in [5, 5.41) is 2.50. The van der Waals surface area contributed by atoms with E-state index in [1.807, 2.05) is 0 Å². The molecule has 2 aromatic carbocycles. The summed E-state index contributed by atoms with van der Waals surface area (Å²) in [5.41, 5.74) is 1.25. The second-order valence-corrected chi connectivity index (χ2v) is 7.77. The third-order valence-corrected chi connectivity index (χ3v) is 5.66. The molecule has 0 spiro atoms. The van der Waals surface area contributed by atoms with Crippen molar-refractivity contribution in [3.63, 3.8) is 0 Å². The third kappa shape index (κ3) is 3.36. The Labute approximate surface area is 150 Å². The van der Waals surface area contributed by atoms with Crippen LogP contribution in [0.5, 0.6) is 0 Å². The molecule has 2 aromatic rings. The van der Waals surface area contributed by atoms with Gasteiger partial charge in [-0.05, 0) is 30.7 Å². The molecule has 0 fully saturated rings. The minimum absolute atomic E-state index is 0.239. The molecule has 0 aliphatic carbocycles. The van der Waals surface area contributed by atoms with Gasteiger partial charge in [0, 0.05) is 11.1 Å². The van der Waals surface area contributed by atoms with E-state index in [0.717, 1.165) is 0 Å². The highest BCUT2D eigenvalue weighted by Crippen LogP contribution is 2.24. The van der Waals surface area contributed by atoms with Crippen molar-refractivity contribution in [1.29, 1.82) is 0 Å². The second-order valence-electron chi connectivity index (χ2n) is 5.88. The molecule has 0 atom stereocenters. The number of anilines is 1. The second kappa shape index (κ2) is 6.72. The van der Waals surface area contributed by atoms with Crippen molar-refractivity contribution in [3.05, 3.63) is 65.2 Å². The lowest BCUT2D eigenvalue weighted by Gasteiger charge is -2.27. The molecule has 0 aromatic heterocycles. The van der Waals surface area contributed by atoms with Crippen molar-refractivity contribution in [3.8, 4) is 0 Å². The van der Waals surface area contributed by atoms with Gasteiger partial charge in [0.05, 0.1) is 11.4 Å². The highest BCUT2D eigenvalue weighted by Gasteiger charge is 2.36. The first-order chi connectivity index (χ1) is 12.3.